The molecule has 3 aliphatic rings. The fourth-order valence-corrected chi connectivity index (χ4v) is 5.05. The molecule has 3 heterocycles. The van der Waals surface area contributed by atoms with Crippen LogP contribution in [0.15, 0.2) is 78.9 Å². The Labute approximate surface area is 246 Å². The Morgan fingerprint density at radius 3 is 1.98 bits per heavy atom. The summed E-state index contributed by atoms with van der Waals surface area (Å²) in [5.74, 6) is -2.76. The molecule has 0 aromatic heterocycles. The molecule has 0 saturated carbocycles. The van der Waals surface area contributed by atoms with Crippen LogP contribution in [0.3, 0.4) is 0 Å². The van der Waals surface area contributed by atoms with Gasteiger partial charge in [-0.05, 0) is 60.7 Å². The number of fused-ring (bicyclic) bond motifs is 3. The van der Waals surface area contributed by atoms with Gasteiger partial charge in [0.15, 0.2) is 6.10 Å². The van der Waals surface area contributed by atoms with E-state index >= 15 is 0 Å². The van der Waals surface area contributed by atoms with Crippen molar-refractivity contribution in [1.29, 1.82) is 0 Å². The van der Waals surface area contributed by atoms with E-state index < -0.39 is 12.1 Å². The van der Waals surface area contributed by atoms with Gasteiger partial charge in [-0.1, -0.05) is 18.2 Å². The molecule has 8 nitrogen and oxygen atoms in total. The van der Waals surface area contributed by atoms with Crippen LogP contribution in [-0.4, -0.2) is 65.8 Å². The molecule has 43 heavy (non-hydrogen) atoms. The molecule has 6 rings (SSSR count). The highest BCUT2D eigenvalue weighted by Gasteiger charge is 2.48. The number of alkyl halides is 3. The van der Waals surface area contributed by atoms with Crippen molar-refractivity contribution in [3.8, 4) is 5.75 Å². The van der Waals surface area contributed by atoms with Crippen LogP contribution >= 0.6 is 0 Å². The first-order valence-corrected chi connectivity index (χ1v) is 13.5. The Morgan fingerprint density at radius 2 is 1.47 bits per heavy atom. The number of halogens is 4. The van der Waals surface area contributed by atoms with Crippen LogP contribution in [-0.2, 0) is 14.3 Å². The number of benzene rings is 3. The summed E-state index contributed by atoms with van der Waals surface area (Å²) in [4.78, 5) is 32.6. The molecule has 0 spiro atoms. The third kappa shape index (κ3) is 10.4. The zero-order chi connectivity index (χ0) is 31.6. The lowest BCUT2D eigenvalue weighted by molar-refractivity contribution is -0.938. The minimum absolute atomic E-state index is 0.0485. The minimum atomic E-state index is -5.19. The molecule has 230 valence electrons. The standard InChI is InChI=1S/C17H21NO4.C12H10FN.C2HF3O2/c1-12(19)22-17-11-18(8-6-14(17)7-9-18)10-16(21)13-2-4-15(20)5-3-13;13-10-6-8-12(9-7-10)14-11-4-2-1-3-5-11;3-2(4,5)1(6)7/h2-5,14,17H,6-11H2,1H3;1-9,14H;(H,6,7). The van der Waals surface area contributed by atoms with Crippen molar-refractivity contribution < 1.29 is 51.4 Å². The third-order valence-corrected chi connectivity index (χ3v) is 7.17. The summed E-state index contributed by atoms with van der Waals surface area (Å²) in [5, 5.41) is 21.3. The number of ether oxygens (including phenoxy) is 1. The maximum absolute atomic E-state index is 12.6. The van der Waals surface area contributed by atoms with Crippen molar-refractivity contribution in [2.24, 2.45) is 5.92 Å². The van der Waals surface area contributed by atoms with Gasteiger partial charge in [-0.25, -0.2) is 4.39 Å². The number of para-hydroxylation sites is 1. The van der Waals surface area contributed by atoms with Gasteiger partial charge in [-0.2, -0.15) is 13.2 Å². The maximum atomic E-state index is 12.6. The zero-order valence-corrected chi connectivity index (χ0v) is 23.4. The van der Waals surface area contributed by atoms with E-state index in [2.05, 4.69) is 5.32 Å². The second-order valence-corrected chi connectivity index (χ2v) is 10.4. The quantitative estimate of drug-likeness (QED) is 0.183. The lowest BCUT2D eigenvalue weighted by atomic mass is 9.83. The molecule has 3 saturated heterocycles. The second kappa shape index (κ2) is 14.6. The van der Waals surface area contributed by atoms with E-state index in [-0.39, 0.29) is 29.4 Å². The number of phenolic OH excluding ortho intramolecular Hbond substituents is 1. The second-order valence-electron chi connectivity index (χ2n) is 10.4. The Bertz CT molecular complexity index is 1360. The Balaban J connectivity index is 0.000000206. The fourth-order valence-electron chi connectivity index (χ4n) is 5.05. The predicted octanol–water partition coefficient (Wildman–Crippen LogP) is 4.61. The summed E-state index contributed by atoms with van der Waals surface area (Å²) in [6.07, 6.45) is -3.21. The van der Waals surface area contributed by atoms with Crippen molar-refractivity contribution in [2.75, 3.05) is 31.5 Å². The number of carboxylic acids is 1. The average Bonchev–Trinajstić information content (AvgIpc) is 2.95. The average molecular weight is 605 g/mol. The van der Waals surface area contributed by atoms with Crippen LogP contribution in [0.5, 0.6) is 5.75 Å². The monoisotopic (exact) mass is 604 g/mol. The molecule has 0 amide bonds. The van der Waals surface area contributed by atoms with E-state index in [1.54, 1.807) is 24.3 Å². The van der Waals surface area contributed by atoms with E-state index in [4.69, 9.17) is 14.6 Å². The van der Waals surface area contributed by atoms with Gasteiger partial charge in [-0.15, -0.1) is 0 Å². The van der Waals surface area contributed by atoms with Crippen molar-refractivity contribution in [3.63, 3.8) is 0 Å². The number of esters is 1. The number of hydrogen-bond donors (Lipinski definition) is 2. The molecular formula is C31H32F4N2O6. The molecule has 3 aromatic carbocycles. The van der Waals surface area contributed by atoms with Crippen molar-refractivity contribution >= 4 is 29.1 Å². The molecule has 0 radical (unpaired) electrons. The Morgan fingerprint density at radius 1 is 0.930 bits per heavy atom. The number of carboxylic acid groups (broad SMARTS) is 1. The van der Waals surface area contributed by atoms with Crippen LogP contribution in [0, 0.1) is 11.7 Å². The van der Waals surface area contributed by atoms with Gasteiger partial charge in [0.1, 0.15) is 30.6 Å². The van der Waals surface area contributed by atoms with Crippen LogP contribution in [0.25, 0.3) is 0 Å². The number of phenols is 1. The van der Waals surface area contributed by atoms with Gasteiger partial charge < -0.3 is 29.5 Å². The van der Waals surface area contributed by atoms with Gasteiger partial charge in [0.2, 0.25) is 5.78 Å². The van der Waals surface area contributed by atoms with Crippen LogP contribution in [0.1, 0.15) is 30.1 Å². The summed E-state index contributed by atoms with van der Waals surface area (Å²) in [6, 6.07) is 22.5. The van der Waals surface area contributed by atoms with Gasteiger partial charge in [0.25, 0.3) is 0 Å². The van der Waals surface area contributed by atoms with E-state index in [1.807, 2.05) is 30.3 Å². The lowest BCUT2D eigenvalue weighted by Crippen LogP contribution is -2.65. The number of quaternary nitrogens is 1. The fraction of sp³-hybridized carbons (Fsp3) is 0.323. The minimum Gasteiger partial charge on any atom is -0.542 e. The first-order valence-electron chi connectivity index (χ1n) is 13.5. The van der Waals surface area contributed by atoms with Crippen molar-refractivity contribution in [1.82, 2.24) is 0 Å². The summed E-state index contributed by atoms with van der Waals surface area (Å²) < 4.78 is 50.3. The molecule has 1 atom stereocenters. The summed E-state index contributed by atoms with van der Waals surface area (Å²) in [6.45, 7) is 4.59. The number of ketones is 1. The molecule has 12 heteroatoms. The van der Waals surface area contributed by atoms with Crippen LogP contribution in [0.4, 0.5) is 28.9 Å². The van der Waals surface area contributed by atoms with E-state index in [1.165, 1.54) is 31.2 Å². The molecule has 3 fully saturated rings. The summed E-state index contributed by atoms with van der Waals surface area (Å²) in [7, 11) is 0. The number of aliphatic carboxylic acids is 1. The van der Waals surface area contributed by atoms with Gasteiger partial charge in [0.05, 0.1) is 13.1 Å². The summed E-state index contributed by atoms with van der Waals surface area (Å²) in [5.41, 5.74) is 2.51. The van der Waals surface area contributed by atoms with E-state index in [9.17, 15) is 32.3 Å². The highest BCUT2D eigenvalue weighted by atomic mass is 19.4. The SMILES string of the molecule is CC(=O)OC1C[N+]2(CC(=O)c3ccc(O)cc3)CCC1CC2.Fc1ccc(Nc2ccccc2)cc1.O=C([O-])C(F)(F)F. The van der Waals surface area contributed by atoms with Crippen molar-refractivity contribution in [2.45, 2.75) is 32.0 Å². The van der Waals surface area contributed by atoms with E-state index in [0.29, 0.717) is 22.5 Å². The Kier molecular flexibility index (Phi) is 11.2. The first kappa shape index (κ1) is 33.1. The topological polar surface area (TPSA) is 116 Å². The maximum Gasteiger partial charge on any atom is 0.430 e. The van der Waals surface area contributed by atoms with Gasteiger partial charge in [0, 0.05) is 42.6 Å². The molecule has 0 aliphatic carbocycles. The van der Waals surface area contributed by atoms with Gasteiger partial charge in [-0.3, -0.25) is 9.59 Å². The number of nitrogens with one attached hydrogen (secondary N) is 1. The molecular weight excluding hydrogens is 572 g/mol. The number of piperidine rings is 3. The number of carbonyl (C=O) groups excluding carboxylic acids is 3. The molecule has 3 aliphatic heterocycles. The lowest BCUT2D eigenvalue weighted by Gasteiger charge is -2.51. The largest absolute Gasteiger partial charge is 0.542 e. The van der Waals surface area contributed by atoms with Crippen LogP contribution in [0.2, 0.25) is 0 Å². The summed E-state index contributed by atoms with van der Waals surface area (Å²) >= 11 is 0. The normalized spacial score (nSPS) is 20.4. The Hall–Kier alpha value is -4.45. The first-order chi connectivity index (χ1) is 20.3. The number of aromatic hydroxyl groups is 1. The molecule has 2 N–H and O–H groups in total. The highest BCUT2D eigenvalue weighted by molar-refractivity contribution is 5.97. The van der Waals surface area contributed by atoms with Crippen LogP contribution < -0.4 is 10.4 Å². The number of carbonyl (C=O) groups is 3. The molecule has 2 bridgehead atoms. The smallest absolute Gasteiger partial charge is 0.430 e. The third-order valence-electron chi connectivity index (χ3n) is 7.17. The highest BCUT2D eigenvalue weighted by Crippen LogP contribution is 2.36. The number of nitrogens with zero attached hydrogens (tertiary/aromatic N) is 1. The molecule has 1 unspecified atom stereocenters. The number of rotatable bonds is 6. The number of hydrogen-bond acceptors (Lipinski definition) is 7. The molecule has 3 aromatic rings. The predicted molar refractivity (Wildman–Crippen MR) is 148 cm³/mol. The van der Waals surface area contributed by atoms with Crippen molar-refractivity contribution in [3.05, 3.63) is 90.2 Å². The van der Waals surface area contributed by atoms with E-state index in [0.717, 1.165) is 43.9 Å². The number of anilines is 2. The number of Topliss-reactive ketones (excluding diaryl/α,β-unsaturated/α-hetero) is 1. The van der Waals surface area contributed by atoms with Gasteiger partial charge >= 0.3 is 12.1 Å². The zero-order valence-electron chi connectivity index (χ0n) is 23.4.